The summed E-state index contributed by atoms with van der Waals surface area (Å²) in [6, 6.07) is 24.7. The molecule has 4 aromatic carbocycles. The molecule has 0 saturated carbocycles. The van der Waals surface area contributed by atoms with Crippen LogP contribution in [0.25, 0.3) is 22.4 Å². The van der Waals surface area contributed by atoms with E-state index in [1.165, 1.54) is 11.1 Å². The van der Waals surface area contributed by atoms with Gasteiger partial charge in [0, 0.05) is 70.2 Å². The van der Waals surface area contributed by atoms with Crippen molar-refractivity contribution in [1.29, 1.82) is 0 Å². The zero-order chi connectivity index (χ0) is 35.4. The predicted octanol–water partition coefficient (Wildman–Crippen LogP) is 7.27. The average Bonchev–Trinajstić information content (AvgIpc) is 3.45. The van der Waals surface area contributed by atoms with Crippen LogP contribution in [0.15, 0.2) is 84.1 Å². The van der Waals surface area contributed by atoms with Crippen molar-refractivity contribution in [3.05, 3.63) is 118 Å². The molecule has 1 unspecified atom stereocenters. The third-order valence-electron chi connectivity index (χ3n) is 11.3. The third-order valence-corrected chi connectivity index (χ3v) is 12.1. The Bertz CT molecular complexity index is 2290. The Kier molecular flexibility index (Phi) is 7.22. The Labute approximate surface area is 294 Å². The van der Waals surface area contributed by atoms with Crippen molar-refractivity contribution >= 4 is 44.1 Å². The second-order valence-electron chi connectivity index (χ2n) is 15.7. The Hall–Kier alpha value is -4.44. The number of nitrogens with zero attached hydrogens (tertiary/aromatic N) is 2. The van der Waals surface area contributed by atoms with Crippen molar-refractivity contribution in [3.63, 3.8) is 0 Å². The Morgan fingerprint density at radius 3 is 2.28 bits per heavy atom. The number of anilines is 1. The molecule has 4 aliphatic rings. The van der Waals surface area contributed by atoms with Crippen molar-refractivity contribution < 1.29 is 22.5 Å². The topological polar surface area (TPSA) is 113 Å². The second kappa shape index (κ2) is 11.0. The first-order valence-electron chi connectivity index (χ1n) is 17.3. The van der Waals surface area contributed by atoms with Gasteiger partial charge < -0.3 is 15.4 Å². The molecule has 0 radical (unpaired) electrons. The number of hydrogen-bond donors (Lipinski definition) is 2. The van der Waals surface area contributed by atoms with Gasteiger partial charge in [0.25, 0.3) is 10.1 Å². The zero-order valence-electron chi connectivity index (χ0n) is 29.2. The summed E-state index contributed by atoms with van der Waals surface area (Å²) in [7, 11) is -4.06. The molecule has 3 N–H and O–H groups in total. The fourth-order valence-electron chi connectivity index (χ4n) is 9.36. The quantitative estimate of drug-likeness (QED) is 0.196. The molecular formula is C41H43N3O5S. The van der Waals surface area contributed by atoms with Gasteiger partial charge in [-0.3, -0.25) is 14.2 Å². The minimum absolute atomic E-state index is 0.237. The minimum Gasteiger partial charge on any atom is -0.456 e. The van der Waals surface area contributed by atoms with Crippen molar-refractivity contribution in [2.24, 2.45) is 11.1 Å². The maximum atomic E-state index is 11.8. The van der Waals surface area contributed by atoms with Crippen LogP contribution in [0.5, 0.6) is 5.75 Å². The number of nitrogens with two attached hydrogens (primary N) is 1. The smallest absolute Gasteiger partial charge is 0.264 e. The van der Waals surface area contributed by atoms with Gasteiger partial charge in [0.1, 0.15) is 11.5 Å². The molecule has 3 heterocycles. The molecule has 3 aliphatic heterocycles. The van der Waals surface area contributed by atoms with Crippen LogP contribution in [0, 0.1) is 5.41 Å². The molecule has 258 valence electrons. The first kappa shape index (κ1) is 32.7. The molecule has 8 rings (SSSR count). The van der Waals surface area contributed by atoms with Gasteiger partial charge in [-0.1, -0.05) is 88.4 Å². The largest absolute Gasteiger partial charge is 0.456 e. The number of primary amides is 1. The molecule has 50 heavy (non-hydrogen) atoms. The van der Waals surface area contributed by atoms with E-state index in [1.54, 1.807) is 12.1 Å². The lowest BCUT2D eigenvalue weighted by Crippen LogP contribution is -2.42. The van der Waals surface area contributed by atoms with E-state index in [4.69, 9.17) is 10.5 Å². The second-order valence-corrected chi connectivity index (χ2v) is 17.3. The Balaban J connectivity index is 1.33. The number of amides is 1. The average molecular weight is 690 g/mol. The van der Waals surface area contributed by atoms with Gasteiger partial charge in [-0.2, -0.15) is 8.42 Å². The van der Waals surface area contributed by atoms with Crippen LogP contribution in [0.2, 0.25) is 0 Å². The number of likely N-dealkylation sites (tertiary alicyclic amines) is 1. The number of ether oxygens (including phenoxy) is 1. The summed E-state index contributed by atoms with van der Waals surface area (Å²) >= 11 is 0. The number of carbonyl (C=O) groups is 1. The molecule has 1 saturated heterocycles. The molecule has 0 bridgehead atoms. The first-order chi connectivity index (χ1) is 23.6. The van der Waals surface area contributed by atoms with Crippen molar-refractivity contribution in [3.8, 4) is 5.75 Å². The van der Waals surface area contributed by atoms with E-state index in [9.17, 15) is 17.8 Å². The highest BCUT2D eigenvalue weighted by Gasteiger charge is 2.57. The maximum absolute atomic E-state index is 11.8. The minimum atomic E-state index is -4.06. The van der Waals surface area contributed by atoms with E-state index in [0.29, 0.717) is 31.6 Å². The van der Waals surface area contributed by atoms with E-state index < -0.39 is 21.6 Å². The van der Waals surface area contributed by atoms with Crippen molar-refractivity contribution in [2.75, 3.05) is 30.3 Å². The van der Waals surface area contributed by atoms with Gasteiger partial charge >= 0.3 is 0 Å². The molecule has 1 aliphatic carbocycles. The van der Waals surface area contributed by atoms with E-state index in [1.807, 2.05) is 12.1 Å². The van der Waals surface area contributed by atoms with E-state index in [2.05, 4.69) is 99.0 Å². The highest BCUT2D eigenvalue weighted by molar-refractivity contribution is 7.85. The van der Waals surface area contributed by atoms with Gasteiger partial charge in [-0.15, -0.1) is 0 Å². The van der Waals surface area contributed by atoms with Gasteiger partial charge in [0.15, 0.2) is 0 Å². The monoisotopic (exact) mass is 689 g/mol. The van der Waals surface area contributed by atoms with Crippen LogP contribution in [0.1, 0.15) is 79.2 Å². The standard InChI is InChI=1S/C41H43N3O5S/c1-39(2)23-43(19-10-20-50(46,47)48)34-29-13-7-6-11-27(29)30-21-31-28-12-8-9-14-32(28)41(5)37(36(31)49-35(30)33(34)39)40(3,4)24-44(41)22-25-15-17-26(18-16-25)38(42)45/h6-9,11-18,21H,10,19-20,22-24H2,1-5H3,(H2,42,45)(H,46,47,48). The number of benzene rings is 4. The lowest BCUT2D eigenvalue weighted by molar-refractivity contribution is 0.1000. The number of fused-ring (bicyclic) bond motifs is 11. The van der Waals surface area contributed by atoms with Gasteiger partial charge in [0.05, 0.1) is 17.0 Å². The zero-order valence-corrected chi connectivity index (χ0v) is 30.0. The summed E-state index contributed by atoms with van der Waals surface area (Å²) in [4.78, 5) is 16.6. The number of rotatable bonds is 7. The SMILES string of the molecule is CC1(C)CN(Cc2ccc(C(N)=O)cc2)C2(C)C1=C1Oc3c4c(c5ccccc5c3C=C1c1ccccc12)N(CCCS(=O)(=O)O)CC4(C)C. The molecule has 1 atom stereocenters. The lowest BCUT2D eigenvalue weighted by atomic mass is 9.67. The van der Waals surface area contributed by atoms with E-state index in [0.717, 1.165) is 62.3 Å². The van der Waals surface area contributed by atoms with Crippen molar-refractivity contribution in [2.45, 2.75) is 58.5 Å². The van der Waals surface area contributed by atoms with Gasteiger partial charge in [-0.05, 0) is 53.6 Å². The highest BCUT2D eigenvalue weighted by Crippen LogP contribution is 2.62. The van der Waals surface area contributed by atoms with E-state index in [-0.39, 0.29) is 16.6 Å². The lowest BCUT2D eigenvalue weighted by Gasteiger charge is -2.44. The van der Waals surface area contributed by atoms with Gasteiger partial charge in [-0.25, -0.2) is 0 Å². The predicted molar refractivity (Wildman–Crippen MR) is 199 cm³/mol. The fourth-order valence-corrected chi connectivity index (χ4v) is 9.86. The molecule has 9 heteroatoms. The van der Waals surface area contributed by atoms with Crippen LogP contribution in [0.4, 0.5) is 5.69 Å². The molecule has 0 aromatic heterocycles. The molecular weight excluding hydrogens is 647 g/mol. The normalized spacial score (nSPS) is 21.6. The molecule has 0 spiro atoms. The Morgan fingerprint density at radius 1 is 0.900 bits per heavy atom. The van der Waals surface area contributed by atoms with Crippen LogP contribution in [-0.4, -0.2) is 49.2 Å². The summed E-state index contributed by atoms with van der Waals surface area (Å²) in [5.74, 6) is 1.07. The van der Waals surface area contributed by atoms with Gasteiger partial charge in [0.2, 0.25) is 5.91 Å². The number of hydrogen-bond acceptors (Lipinski definition) is 6. The number of allylic oxidation sites excluding steroid dienone is 1. The third kappa shape index (κ3) is 4.93. The maximum Gasteiger partial charge on any atom is 0.264 e. The van der Waals surface area contributed by atoms with E-state index >= 15 is 0 Å². The highest BCUT2D eigenvalue weighted by atomic mass is 32.2. The van der Waals surface area contributed by atoms with Crippen molar-refractivity contribution in [1.82, 2.24) is 4.90 Å². The first-order valence-corrected chi connectivity index (χ1v) is 18.9. The summed E-state index contributed by atoms with van der Waals surface area (Å²) in [5.41, 5.74) is 14.1. The van der Waals surface area contributed by atoms with Crippen LogP contribution in [-0.2, 0) is 27.6 Å². The molecule has 4 aromatic rings. The summed E-state index contributed by atoms with van der Waals surface area (Å²) in [6.07, 6.45) is 2.66. The fraction of sp³-hybridized carbons (Fsp3) is 0.341. The summed E-state index contributed by atoms with van der Waals surface area (Å²) in [6.45, 7) is 14.1. The summed E-state index contributed by atoms with van der Waals surface area (Å²) in [5, 5.41) is 2.20. The molecule has 1 fully saturated rings. The molecule has 8 nitrogen and oxygen atoms in total. The molecule has 1 amide bonds. The Morgan fingerprint density at radius 2 is 1.58 bits per heavy atom. The summed E-state index contributed by atoms with van der Waals surface area (Å²) < 4.78 is 40.1. The van der Waals surface area contributed by atoms with Crippen LogP contribution >= 0.6 is 0 Å². The van der Waals surface area contributed by atoms with Crippen LogP contribution < -0.4 is 15.4 Å². The number of carbonyl (C=O) groups excluding carboxylic acids is 1. The van der Waals surface area contributed by atoms with Crippen LogP contribution in [0.3, 0.4) is 0 Å².